The number of hydrogen-bond acceptors (Lipinski definition) is 3. The van der Waals surface area contributed by atoms with Gasteiger partial charge in [-0.3, -0.25) is 4.79 Å². The molecule has 1 aliphatic heterocycles. The van der Waals surface area contributed by atoms with Crippen molar-refractivity contribution in [2.75, 3.05) is 6.54 Å². The van der Waals surface area contributed by atoms with Crippen LogP contribution in [0.2, 0.25) is 0 Å². The van der Waals surface area contributed by atoms with Gasteiger partial charge in [0, 0.05) is 12.5 Å². The SMILES string of the molecule is CCC(C)[C@H](N)C(=O)N1CC[C@@H]2C[C@@]21C#N. The van der Waals surface area contributed by atoms with E-state index in [1.54, 1.807) is 4.90 Å². The van der Waals surface area contributed by atoms with Gasteiger partial charge < -0.3 is 10.6 Å². The Hall–Kier alpha value is -1.08. The van der Waals surface area contributed by atoms with Crippen molar-refractivity contribution in [3.05, 3.63) is 0 Å². The van der Waals surface area contributed by atoms with E-state index in [0.29, 0.717) is 12.5 Å². The summed E-state index contributed by atoms with van der Waals surface area (Å²) in [5.41, 5.74) is 5.46. The third-order valence-electron chi connectivity index (χ3n) is 4.26. The normalized spacial score (nSPS) is 35.1. The van der Waals surface area contributed by atoms with Gasteiger partial charge in [0.2, 0.25) is 5.91 Å². The number of nitriles is 1. The highest BCUT2D eigenvalue weighted by Crippen LogP contribution is 2.55. The van der Waals surface area contributed by atoms with Gasteiger partial charge in [-0.25, -0.2) is 0 Å². The first-order chi connectivity index (χ1) is 7.56. The number of piperidine rings is 1. The molecule has 1 heterocycles. The summed E-state index contributed by atoms with van der Waals surface area (Å²) in [5.74, 6) is 0.558. The van der Waals surface area contributed by atoms with Crippen LogP contribution < -0.4 is 5.73 Å². The van der Waals surface area contributed by atoms with Crippen LogP contribution in [0.5, 0.6) is 0 Å². The zero-order valence-electron chi connectivity index (χ0n) is 9.94. The number of nitrogens with zero attached hydrogens (tertiary/aromatic N) is 2. The molecule has 4 heteroatoms. The molecule has 0 aromatic carbocycles. The average molecular weight is 221 g/mol. The van der Waals surface area contributed by atoms with Crippen molar-refractivity contribution < 1.29 is 4.79 Å². The highest BCUT2D eigenvalue weighted by molar-refractivity contribution is 5.84. The second kappa shape index (κ2) is 3.74. The number of amides is 1. The van der Waals surface area contributed by atoms with Gasteiger partial charge in [0.05, 0.1) is 12.1 Å². The Labute approximate surface area is 96.4 Å². The lowest BCUT2D eigenvalue weighted by Crippen LogP contribution is -2.50. The van der Waals surface area contributed by atoms with E-state index in [1.165, 1.54) is 0 Å². The van der Waals surface area contributed by atoms with E-state index < -0.39 is 11.6 Å². The van der Waals surface area contributed by atoms with Gasteiger partial charge in [-0.2, -0.15) is 5.26 Å². The highest BCUT2D eigenvalue weighted by atomic mass is 16.2. The van der Waals surface area contributed by atoms with E-state index in [1.807, 2.05) is 13.8 Å². The van der Waals surface area contributed by atoms with E-state index in [9.17, 15) is 10.1 Å². The monoisotopic (exact) mass is 221 g/mol. The Morgan fingerprint density at radius 2 is 2.44 bits per heavy atom. The zero-order chi connectivity index (χ0) is 11.9. The maximum atomic E-state index is 12.2. The van der Waals surface area contributed by atoms with Crippen molar-refractivity contribution >= 4 is 5.91 Å². The second-order valence-corrected chi connectivity index (χ2v) is 5.13. The molecule has 2 fully saturated rings. The van der Waals surface area contributed by atoms with Crippen molar-refractivity contribution in [3.63, 3.8) is 0 Å². The number of hydrogen-bond donors (Lipinski definition) is 1. The van der Waals surface area contributed by atoms with Crippen molar-refractivity contribution in [1.29, 1.82) is 5.26 Å². The second-order valence-electron chi connectivity index (χ2n) is 5.13. The Balaban J connectivity index is 2.09. The van der Waals surface area contributed by atoms with Crippen LogP contribution in [0.3, 0.4) is 0 Å². The van der Waals surface area contributed by atoms with Gasteiger partial charge in [-0.05, 0) is 18.8 Å². The lowest BCUT2D eigenvalue weighted by Gasteiger charge is -2.28. The summed E-state index contributed by atoms with van der Waals surface area (Å²) in [5, 5.41) is 9.18. The summed E-state index contributed by atoms with van der Waals surface area (Å²) in [6.07, 6.45) is 2.71. The molecule has 88 valence electrons. The number of carbonyl (C=O) groups excluding carboxylic acids is 1. The van der Waals surface area contributed by atoms with Crippen molar-refractivity contribution in [1.82, 2.24) is 4.90 Å². The van der Waals surface area contributed by atoms with Crippen LogP contribution in [0.15, 0.2) is 0 Å². The van der Waals surface area contributed by atoms with Crippen LogP contribution in [0, 0.1) is 23.2 Å². The molecule has 1 amide bonds. The Morgan fingerprint density at radius 1 is 1.75 bits per heavy atom. The predicted octanol–water partition coefficient (Wildman–Crippen LogP) is 0.874. The summed E-state index contributed by atoms with van der Waals surface area (Å²) in [6.45, 7) is 4.73. The average Bonchev–Trinajstić information content (AvgIpc) is 2.93. The lowest BCUT2D eigenvalue weighted by molar-refractivity contribution is -0.134. The Morgan fingerprint density at radius 3 is 2.94 bits per heavy atom. The summed E-state index contributed by atoms with van der Waals surface area (Å²) in [6, 6.07) is 1.86. The fourth-order valence-electron chi connectivity index (χ4n) is 2.65. The molecule has 1 saturated heterocycles. The van der Waals surface area contributed by atoms with Crippen LogP contribution in [-0.4, -0.2) is 28.9 Å². The minimum atomic E-state index is -0.484. The standard InChI is InChI=1S/C12H19N3O/c1-3-8(2)10(14)11(16)15-5-4-9-6-12(9,15)7-13/h8-10H,3-6,14H2,1-2H3/t8?,9-,10+,12-/m1/s1. The van der Waals surface area contributed by atoms with Crippen molar-refractivity contribution in [2.45, 2.75) is 44.7 Å². The molecule has 0 bridgehead atoms. The van der Waals surface area contributed by atoms with E-state index >= 15 is 0 Å². The van der Waals surface area contributed by atoms with E-state index in [4.69, 9.17) is 5.73 Å². The molecule has 2 N–H and O–H groups in total. The summed E-state index contributed by atoms with van der Waals surface area (Å²) in [7, 11) is 0. The van der Waals surface area contributed by atoms with E-state index in [-0.39, 0.29) is 11.8 Å². The molecular weight excluding hydrogens is 202 g/mol. The van der Waals surface area contributed by atoms with Crippen LogP contribution in [0.25, 0.3) is 0 Å². The number of rotatable bonds is 3. The highest BCUT2D eigenvalue weighted by Gasteiger charge is 2.64. The molecular formula is C12H19N3O. The predicted molar refractivity (Wildman–Crippen MR) is 60.2 cm³/mol. The molecule has 16 heavy (non-hydrogen) atoms. The minimum Gasteiger partial charge on any atom is -0.322 e. The van der Waals surface area contributed by atoms with E-state index in [0.717, 1.165) is 19.3 Å². The zero-order valence-corrected chi connectivity index (χ0v) is 9.94. The smallest absolute Gasteiger partial charge is 0.241 e. The van der Waals surface area contributed by atoms with Gasteiger partial charge in [-0.15, -0.1) is 0 Å². The minimum absolute atomic E-state index is 0.0316. The van der Waals surface area contributed by atoms with Crippen LogP contribution >= 0.6 is 0 Å². The van der Waals surface area contributed by atoms with Gasteiger partial charge >= 0.3 is 0 Å². The fraction of sp³-hybridized carbons (Fsp3) is 0.833. The first kappa shape index (κ1) is 11.4. The summed E-state index contributed by atoms with van der Waals surface area (Å²) in [4.78, 5) is 13.9. The molecule has 4 nitrogen and oxygen atoms in total. The number of nitrogens with two attached hydrogens (primary N) is 1. The maximum absolute atomic E-state index is 12.2. The molecule has 0 radical (unpaired) electrons. The number of fused-ring (bicyclic) bond motifs is 1. The molecule has 2 aliphatic rings. The molecule has 0 spiro atoms. The first-order valence-electron chi connectivity index (χ1n) is 6.05. The molecule has 0 aromatic rings. The Bertz CT molecular complexity index is 349. The van der Waals surface area contributed by atoms with Crippen LogP contribution in [-0.2, 0) is 4.79 Å². The molecule has 1 saturated carbocycles. The van der Waals surface area contributed by atoms with Gasteiger partial charge in [0.15, 0.2) is 0 Å². The van der Waals surface area contributed by atoms with Crippen LogP contribution in [0.4, 0.5) is 0 Å². The molecule has 1 unspecified atom stereocenters. The van der Waals surface area contributed by atoms with Gasteiger partial charge in [0.1, 0.15) is 5.54 Å². The summed E-state index contributed by atoms with van der Waals surface area (Å²) >= 11 is 0. The Kier molecular flexibility index (Phi) is 2.67. The summed E-state index contributed by atoms with van der Waals surface area (Å²) < 4.78 is 0. The van der Waals surface area contributed by atoms with Crippen molar-refractivity contribution in [2.24, 2.45) is 17.6 Å². The van der Waals surface area contributed by atoms with Crippen molar-refractivity contribution in [3.8, 4) is 6.07 Å². The van der Waals surface area contributed by atoms with Gasteiger partial charge in [0.25, 0.3) is 0 Å². The topological polar surface area (TPSA) is 70.1 Å². The molecule has 0 aromatic heterocycles. The third-order valence-corrected chi connectivity index (χ3v) is 4.26. The van der Waals surface area contributed by atoms with Crippen LogP contribution in [0.1, 0.15) is 33.1 Å². The third kappa shape index (κ3) is 1.42. The largest absolute Gasteiger partial charge is 0.322 e. The quantitative estimate of drug-likeness (QED) is 0.769. The van der Waals surface area contributed by atoms with Gasteiger partial charge in [-0.1, -0.05) is 20.3 Å². The number of carbonyl (C=O) groups is 1. The lowest BCUT2D eigenvalue weighted by atomic mass is 9.98. The first-order valence-corrected chi connectivity index (χ1v) is 6.05. The molecule has 2 rings (SSSR count). The van der Waals surface area contributed by atoms with E-state index in [2.05, 4.69) is 6.07 Å². The fourth-order valence-corrected chi connectivity index (χ4v) is 2.65. The number of likely N-dealkylation sites (tertiary alicyclic amines) is 1. The maximum Gasteiger partial charge on any atom is 0.241 e. The molecule has 4 atom stereocenters. The molecule has 1 aliphatic carbocycles.